The molecule has 0 spiro atoms. The normalized spacial score (nSPS) is 17.3. The van der Waals surface area contributed by atoms with Crippen molar-refractivity contribution in [2.75, 3.05) is 0 Å². The molecule has 3 nitrogen and oxygen atoms in total. The number of nitrogens with zero attached hydrogens (tertiary/aromatic N) is 2. The van der Waals surface area contributed by atoms with E-state index >= 15 is 0 Å². The first-order chi connectivity index (χ1) is 7.31. The predicted octanol–water partition coefficient (Wildman–Crippen LogP) is 2.83. The lowest BCUT2D eigenvalue weighted by atomic mass is 10.2. The van der Waals surface area contributed by atoms with E-state index in [0.717, 1.165) is 17.2 Å². The van der Waals surface area contributed by atoms with Crippen LogP contribution < -0.4 is 0 Å². The van der Waals surface area contributed by atoms with Crippen LogP contribution in [0.15, 0.2) is 30.9 Å². The summed E-state index contributed by atoms with van der Waals surface area (Å²) in [7, 11) is 0. The number of nitrogens with one attached hydrogen (secondary N) is 1. The zero-order valence-electron chi connectivity index (χ0n) is 8.90. The number of hydrogen-bond acceptors (Lipinski definition) is 2. The zero-order valence-corrected chi connectivity index (χ0v) is 8.90. The molecule has 0 unspecified atom stereocenters. The van der Waals surface area contributed by atoms with Crippen LogP contribution in [0.25, 0.3) is 5.57 Å². The number of rotatable bonds is 4. The SMILES string of the molecule is C=C/C=C\C=C(/C)c1n[nH]c(C2CC2)n1. The molecule has 0 saturated heterocycles. The Morgan fingerprint density at radius 3 is 2.93 bits per heavy atom. The molecule has 1 N–H and O–H groups in total. The van der Waals surface area contributed by atoms with Gasteiger partial charge in [0.15, 0.2) is 5.82 Å². The van der Waals surface area contributed by atoms with Gasteiger partial charge in [-0.1, -0.05) is 30.9 Å². The number of H-pyrrole nitrogens is 1. The van der Waals surface area contributed by atoms with Crippen molar-refractivity contribution in [2.24, 2.45) is 0 Å². The summed E-state index contributed by atoms with van der Waals surface area (Å²) in [5.74, 6) is 2.46. The second-order valence-corrected chi connectivity index (χ2v) is 3.79. The summed E-state index contributed by atoms with van der Waals surface area (Å²) in [6.07, 6.45) is 10.0. The molecule has 0 aliphatic heterocycles. The first-order valence-corrected chi connectivity index (χ1v) is 5.20. The summed E-state index contributed by atoms with van der Waals surface area (Å²) < 4.78 is 0. The van der Waals surface area contributed by atoms with Crippen molar-refractivity contribution in [3.05, 3.63) is 42.5 Å². The highest BCUT2D eigenvalue weighted by atomic mass is 15.2. The summed E-state index contributed by atoms with van der Waals surface area (Å²) >= 11 is 0. The van der Waals surface area contributed by atoms with Gasteiger partial charge in [0, 0.05) is 5.92 Å². The molecule has 1 fully saturated rings. The summed E-state index contributed by atoms with van der Waals surface area (Å²) in [6.45, 7) is 5.62. The molecule has 0 aromatic carbocycles. The Bertz CT molecular complexity index is 408. The lowest BCUT2D eigenvalue weighted by Gasteiger charge is -1.89. The van der Waals surface area contributed by atoms with Gasteiger partial charge in [0.1, 0.15) is 5.82 Å². The van der Waals surface area contributed by atoms with E-state index in [9.17, 15) is 0 Å². The van der Waals surface area contributed by atoms with E-state index in [2.05, 4.69) is 21.8 Å². The van der Waals surface area contributed by atoms with Crippen molar-refractivity contribution in [3.63, 3.8) is 0 Å². The van der Waals surface area contributed by atoms with Crippen molar-refractivity contribution >= 4 is 5.57 Å². The number of aromatic amines is 1. The van der Waals surface area contributed by atoms with Crippen LogP contribution in [0.5, 0.6) is 0 Å². The molecule has 1 aliphatic carbocycles. The Morgan fingerprint density at radius 2 is 2.27 bits per heavy atom. The molecular formula is C12H15N3. The van der Waals surface area contributed by atoms with Crippen LogP contribution in [0.2, 0.25) is 0 Å². The number of allylic oxidation sites excluding steroid dienone is 5. The summed E-state index contributed by atoms with van der Waals surface area (Å²) in [4.78, 5) is 4.46. The summed E-state index contributed by atoms with van der Waals surface area (Å²) in [5, 5.41) is 7.18. The predicted molar refractivity (Wildman–Crippen MR) is 61.3 cm³/mol. The highest BCUT2D eigenvalue weighted by Crippen LogP contribution is 2.38. The quantitative estimate of drug-likeness (QED) is 0.761. The Balaban J connectivity index is 2.10. The maximum Gasteiger partial charge on any atom is 0.176 e. The average Bonchev–Trinajstić information content (AvgIpc) is 2.97. The van der Waals surface area contributed by atoms with Gasteiger partial charge in [-0.05, 0) is 25.3 Å². The maximum atomic E-state index is 4.46. The van der Waals surface area contributed by atoms with Crippen molar-refractivity contribution in [2.45, 2.75) is 25.7 Å². The Morgan fingerprint density at radius 1 is 1.47 bits per heavy atom. The van der Waals surface area contributed by atoms with Crippen LogP contribution in [-0.2, 0) is 0 Å². The fraction of sp³-hybridized carbons (Fsp3) is 0.333. The molecule has 1 aromatic heterocycles. The fourth-order valence-corrected chi connectivity index (χ4v) is 1.34. The Hall–Kier alpha value is -1.64. The third kappa shape index (κ3) is 2.43. The van der Waals surface area contributed by atoms with E-state index in [-0.39, 0.29) is 0 Å². The fourth-order valence-electron chi connectivity index (χ4n) is 1.34. The standard InChI is InChI=1S/C12H15N3/c1-3-4-5-6-9(2)11-13-12(15-14-11)10-7-8-10/h3-6,10H,1,7-8H2,2H3,(H,13,14,15)/b5-4-,9-6+. The molecule has 15 heavy (non-hydrogen) atoms. The van der Waals surface area contributed by atoms with Crippen LogP contribution in [0, 0.1) is 0 Å². The molecule has 1 aromatic rings. The number of hydrogen-bond donors (Lipinski definition) is 1. The molecule has 0 bridgehead atoms. The summed E-state index contributed by atoms with van der Waals surface area (Å²) in [6, 6.07) is 0. The van der Waals surface area contributed by atoms with E-state index in [4.69, 9.17) is 0 Å². The minimum Gasteiger partial charge on any atom is -0.262 e. The largest absolute Gasteiger partial charge is 0.262 e. The van der Waals surface area contributed by atoms with E-state index in [1.807, 2.05) is 25.2 Å². The van der Waals surface area contributed by atoms with Crippen LogP contribution in [0.3, 0.4) is 0 Å². The Labute approximate surface area is 89.6 Å². The molecule has 0 amide bonds. The highest BCUT2D eigenvalue weighted by Gasteiger charge is 2.27. The molecule has 0 radical (unpaired) electrons. The highest BCUT2D eigenvalue weighted by molar-refractivity contribution is 5.59. The topological polar surface area (TPSA) is 41.6 Å². The van der Waals surface area contributed by atoms with Crippen molar-refractivity contribution in [1.29, 1.82) is 0 Å². The number of aromatic nitrogens is 3. The molecule has 3 heteroatoms. The van der Waals surface area contributed by atoms with Gasteiger partial charge in [-0.2, -0.15) is 5.10 Å². The molecule has 78 valence electrons. The first-order valence-electron chi connectivity index (χ1n) is 5.20. The second kappa shape index (κ2) is 4.26. The van der Waals surface area contributed by atoms with Gasteiger partial charge in [0.25, 0.3) is 0 Å². The van der Waals surface area contributed by atoms with Crippen molar-refractivity contribution in [1.82, 2.24) is 15.2 Å². The molecular weight excluding hydrogens is 186 g/mol. The first kappa shape index (κ1) is 9.90. The van der Waals surface area contributed by atoms with Gasteiger partial charge in [-0.15, -0.1) is 0 Å². The smallest absolute Gasteiger partial charge is 0.176 e. The Kier molecular flexibility index (Phi) is 2.81. The lowest BCUT2D eigenvalue weighted by Crippen LogP contribution is -1.83. The van der Waals surface area contributed by atoms with Gasteiger partial charge < -0.3 is 0 Å². The van der Waals surface area contributed by atoms with E-state index in [1.54, 1.807) is 6.08 Å². The third-order valence-electron chi connectivity index (χ3n) is 2.41. The maximum absolute atomic E-state index is 4.46. The van der Waals surface area contributed by atoms with Gasteiger partial charge >= 0.3 is 0 Å². The molecule has 1 saturated carbocycles. The van der Waals surface area contributed by atoms with Gasteiger partial charge in [0.05, 0.1) is 0 Å². The average molecular weight is 201 g/mol. The second-order valence-electron chi connectivity index (χ2n) is 3.79. The van der Waals surface area contributed by atoms with Crippen molar-refractivity contribution in [3.8, 4) is 0 Å². The van der Waals surface area contributed by atoms with Crippen LogP contribution >= 0.6 is 0 Å². The minimum atomic E-state index is 0.628. The lowest BCUT2D eigenvalue weighted by molar-refractivity contribution is 0.934. The third-order valence-corrected chi connectivity index (χ3v) is 2.41. The van der Waals surface area contributed by atoms with E-state index in [0.29, 0.717) is 5.92 Å². The van der Waals surface area contributed by atoms with Gasteiger partial charge in [-0.3, -0.25) is 5.10 Å². The van der Waals surface area contributed by atoms with E-state index < -0.39 is 0 Å². The van der Waals surface area contributed by atoms with Crippen LogP contribution in [0.1, 0.15) is 37.3 Å². The molecule has 2 rings (SSSR count). The van der Waals surface area contributed by atoms with Crippen LogP contribution in [0.4, 0.5) is 0 Å². The van der Waals surface area contributed by atoms with Crippen LogP contribution in [-0.4, -0.2) is 15.2 Å². The molecule has 0 atom stereocenters. The van der Waals surface area contributed by atoms with Gasteiger partial charge in [-0.25, -0.2) is 4.98 Å². The molecule has 1 heterocycles. The monoisotopic (exact) mass is 201 g/mol. The summed E-state index contributed by atoms with van der Waals surface area (Å²) in [5.41, 5.74) is 1.07. The zero-order chi connectivity index (χ0) is 10.7. The molecule has 1 aliphatic rings. The van der Waals surface area contributed by atoms with E-state index in [1.165, 1.54) is 12.8 Å². The van der Waals surface area contributed by atoms with Crippen molar-refractivity contribution < 1.29 is 0 Å². The minimum absolute atomic E-state index is 0.628. The van der Waals surface area contributed by atoms with Gasteiger partial charge in [0.2, 0.25) is 0 Å².